The van der Waals surface area contributed by atoms with Gasteiger partial charge in [-0.15, -0.1) is 0 Å². The Morgan fingerprint density at radius 3 is 2.32 bits per heavy atom. The number of ether oxygens (including phenoxy) is 4. The lowest BCUT2D eigenvalue weighted by Crippen LogP contribution is -2.59. The summed E-state index contributed by atoms with van der Waals surface area (Å²) in [4.78, 5) is 26.1. The van der Waals surface area contributed by atoms with Gasteiger partial charge in [0.15, 0.2) is 23.4 Å². The number of aliphatic hydroxyl groups is 2. The highest BCUT2D eigenvalue weighted by Crippen LogP contribution is 2.39. The van der Waals surface area contributed by atoms with Crippen LogP contribution < -0.4 is 14.9 Å². The minimum Gasteiger partial charge on any atom is -0.508 e. The van der Waals surface area contributed by atoms with Crippen molar-refractivity contribution in [1.82, 2.24) is 0 Å². The summed E-state index contributed by atoms with van der Waals surface area (Å²) < 4.78 is 27.7. The number of aromatic hydroxyl groups is 4. The second-order valence-electron chi connectivity index (χ2n) is 9.95. The van der Waals surface area contributed by atoms with E-state index in [0.29, 0.717) is 5.56 Å². The molecule has 0 aliphatic carbocycles. The molecule has 1 fully saturated rings. The molecule has 3 aromatic carbocycles. The maximum Gasteiger partial charge on any atom is 0.331 e. The van der Waals surface area contributed by atoms with Crippen molar-refractivity contribution in [2.45, 2.75) is 37.6 Å². The van der Waals surface area contributed by atoms with Crippen molar-refractivity contribution in [3.63, 3.8) is 0 Å². The Hall–Kier alpha value is -5.24. The van der Waals surface area contributed by atoms with E-state index in [1.807, 2.05) is 0 Å². The molecule has 44 heavy (non-hydrogen) atoms. The number of carbonyl (C=O) groups is 1. The average Bonchev–Trinajstić information content (AvgIpc) is 2.98. The van der Waals surface area contributed by atoms with Gasteiger partial charge in [0.1, 0.15) is 40.4 Å². The molecular formula is C31H28O13. The zero-order chi connectivity index (χ0) is 31.7. The predicted octanol–water partition coefficient (Wildman–Crippen LogP) is 2.76. The van der Waals surface area contributed by atoms with Crippen LogP contribution in [0.1, 0.15) is 12.5 Å². The SMILES string of the molecule is COc1ccc(-c2oc3cc(O)cc(O)c3c(=O)c2O[C@@H]2O[C@@H](C)[C@H](OC(=O)/C=C/c3ccc(O)cc3)[C@@H](O)[C@H]2O)cc1O. The Bertz CT molecular complexity index is 1780. The molecule has 230 valence electrons. The standard InChI is InChI=1S/C31H28O13/c1-14-28(43-23(36)10-5-15-3-7-17(32)8-4-15)26(38)27(39)31(41-14)44-30-25(37)24-20(35)12-18(33)13-22(24)42-29(30)16-6-9-21(40-2)19(34)11-16/h3-14,26-28,31-35,38-39H,1-2H3/b10-5+/t14-,26-,27+,28-,31-/m0/s1. The van der Waals surface area contributed by atoms with Crippen LogP contribution in [0.25, 0.3) is 28.4 Å². The molecule has 0 radical (unpaired) electrons. The number of esters is 1. The van der Waals surface area contributed by atoms with Crippen LogP contribution in [0.4, 0.5) is 0 Å². The van der Waals surface area contributed by atoms with E-state index in [4.69, 9.17) is 23.4 Å². The van der Waals surface area contributed by atoms with E-state index in [9.17, 15) is 40.2 Å². The number of fused-ring (bicyclic) bond motifs is 1. The molecule has 1 aromatic heterocycles. The summed E-state index contributed by atoms with van der Waals surface area (Å²) in [5.74, 6) is -2.81. The van der Waals surface area contributed by atoms with Gasteiger partial charge >= 0.3 is 5.97 Å². The minimum atomic E-state index is -1.84. The quantitative estimate of drug-likeness (QED) is 0.132. The summed E-state index contributed by atoms with van der Waals surface area (Å²) in [6.07, 6.45) is -5.10. The zero-order valence-corrected chi connectivity index (χ0v) is 23.3. The number of benzene rings is 3. The van der Waals surface area contributed by atoms with E-state index in [1.54, 1.807) is 12.1 Å². The number of rotatable bonds is 7. The molecule has 4 aromatic rings. The third kappa shape index (κ3) is 5.97. The highest BCUT2D eigenvalue weighted by molar-refractivity contribution is 5.88. The molecule has 0 amide bonds. The van der Waals surface area contributed by atoms with E-state index >= 15 is 0 Å². The van der Waals surface area contributed by atoms with Gasteiger partial charge in [-0.25, -0.2) is 4.79 Å². The zero-order valence-electron chi connectivity index (χ0n) is 23.3. The highest BCUT2D eigenvalue weighted by Gasteiger charge is 2.46. The van der Waals surface area contributed by atoms with Gasteiger partial charge in [-0.2, -0.15) is 0 Å². The molecule has 13 nitrogen and oxygen atoms in total. The largest absolute Gasteiger partial charge is 0.508 e. The fraction of sp³-hybridized carbons (Fsp3) is 0.226. The van der Waals surface area contributed by atoms with E-state index < -0.39 is 59.4 Å². The van der Waals surface area contributed by atoms with Crippen molar-refractivity contribution in [2.24, 2.45) is 0 Å². The summed E-state index contributed by atoms with van der Waals surface area (Å²) in [6.45, 7) is 1.45. The Balaban J connectivity index is 1.44. The molecule has 0 spiro atoms. The number of methoxy groups -OCH3 is 1. The van der Waals surface area contributed by atoms with Crippen molar-refractivity contribution >= 4 is 23.0 Å². The molecular weight excluding hydrogens is 580 g/mol. The monoisotopic (exact) mass is 608 g/mol. The van der Waals surface area contributed by atoms with Crippen LogP contribution in [0.5, 0.6) is 34.5 Å². The van der Waals surface area contributed by atoms with Crippen molar-refractivity contribution in [2.75, 3.05) is 7.11 Å². The van der Waals surface area contributed by atoms with Gasteiger partial charge < -0.3 is 54.0 Å². The van der Waals surface area contributed by atoms with E-state index in [0.717, 1.165) is 18.2 Å². The van der Waals surface area contributed by atoms with E-state index in [-0.39, 0.29) is 39.5 Å². The first-order chi connectivity index (χ1) is 21.0. The first kappa shape index (κ1) is 30.2. The van der Waals surface area contributed by atoms with Gasteiger partial charge in [0, 0.05) is 23.8 Å². The van der Waals surface area contributed by atoms with Crippen LogP contribution in [-0.2, 0) is 14.3 Å². The van der Waals surface area contributed by atoms with E-state index in [1.165, 1.54) is 50.4 Å². The molecule has 1 saturated heterocycles. The fourth-order valence-corrected chi connectivity index (χ4v) is 4.70. The van der Waals surface area contributed by atoms with Crippen LogP contribution in [0.3, 0.4) is 0 Å². The Morgan fingerprint density at radius 1 is 0.909 bits per heavy atom. The summed E-state index contributed by atoms with van der Waals surface area (Å²) >= 11 is 0. The minimum absolute atomic E-state index is 0.0543. The van der Waals surface area contributed by atoms with Crippen LogP contribution in [0.15, 0.2) is 69.9 Å². The number of phenols is 4. The third-order valence-corrected chi connectivity index (χ3v) is 6.93. The molecule has 5 rings (SSSR count). The lowest BCUT2D eigenvalue weighted by molar-refractivity contribution is -0.271. The average molecular weight is 609 g/mol. The van der Waals surface area contributed by atoms with Gasteiger partial charge in [-0.05, 0) is 48.9 Å². The molecule has 6 N–H and O–H groups in total. The Labute approximate surface area is 249 Å². The molecule has 0 bridgehead atoms. The Kier molecular flexibility index (Phi) is 8.36. The second kappa shape index (κ2) is 12.2. The lowest BCUT2D eigenvalue weighted by atomic mass is 9.99. The molecule has 13 heteroatoms. The second-order valence-corrected chi connectivity index (χ2v) is 9.95. The Morgan fingerprint density at radius 2 is 1.64 bits per heavy atom. The van der Waals surface area contributed by atoms with Crippen LogP contribution >= 0.6 is 0 Å². The van der Waals surface area contributed by atoms with Crippen molar-refractivity contribution in [1.29, 1.82) is 0 Å². The first-order valence-corrected chi connectivity index (χ1v) is 13.2. The summed E-state index contributed by atoms with van der Waals surface area (Å²) in [7, 11) is 1.34. The predicted molar refractivity (Wildman–Crippen MR) is 153 cm³/mol. The van der Waals surface area contributed by atoms with Crippen molar-refractivity contribution in [3.8, 4) is 45.8 Å². The maximum atomic E-state index is 13.6. The normalized spacial score (nSPS) is 21.8. The fourth-order valence-electron chi connectivity index (χ4n) is 4.70. The molecule has 0 unspecified atom stereocenters. The first-order valence-electron chi connectivity index (χ1n) is 13.2. The van der Waals surface area contributed by atoms with Gasteiger partial charge in [0.25, 0.3) is 0 Å². The molecule has 1 aliphatic rings. The van der Waals surface area contributed by atoms with Crippen LogP contribution in [0, 0.1) is 0 Å². The van der Waals surface area contributed by atoms with Gasteiger partial charge in [-0.3, -0.25) is 4.79 Å². The summed E-state index contributed by atoms with van der Waals surface area (Å²) in [5.41, 5.74) is -0.416. The van der Waals surface area contributed by atoms with Crippen molar-refractivity contribution in [3.05, 3.63) is 76.5 Å². The van der Waals surface area contributed by atoms with Gasteiger partial charge in [0.05, 0.1) is 13.2 Å². The molecule has 0 saturated carbocycles. The topological polar surface area (TPSA) is 206 Å². The number of aliphatic hydroxyl groups excluding tert-OH is 2. The number of hydrogen-bond acceptors (Lipinski definition) is 13. The number of phenolic OH excluding ortho intramolecular Hbond substituents is 4. The smallest absolute Gasteiger partial charge is 0.331 e. The summed E-state index contributed by atoms with van der Waals surface area (Å²) in [5, 5.41) is 61.5. The maximum absolute atomic E-state index is 13.6. The highest BCUT2D eigenvalue weighted by atomic mass is 16.7. The lowest BCUT2D eigenvalue weighted by Gasteiger charge is -2.40. The van der Waals surface area contributed by atoms with E-state index in [2.05, 4.69) is 0 Å². The number of carbonyl (C=O) groups excluding carboxylic acids is 1. The van der Waals surface area contributed by atoms with Gasteiger partial charge in [0.2, 0.25) is 17.5 Å². The molecule has 2 heterocycles. The summed E-state index contributed by atoms with van der Waals surface area (Å²) in [6, 6.07) is 12.1. The molecule has 5 atom stereocenters. The van der Waals surface area contributed by atoms with Crippen LogP contribution in [0.2, 0.25) is 0 Å². The third-order valence-electron chi connectivity index (χ3n) is 6.93. The number of hydrogen-bond donors (Lipinski definition) is 6. The van der Waals surface area contributed by atoms with Crippen LogP contribution in [-0.4, -0.2) is 74.4 Å². The van der Waals surface area contributed by atoms with Crippen molar-refractivity contribution < 1.29 is 58.8 Å². The van der Waals surface area contributed by atoms with Gasteiger partial charge in [-0.1, -0.05) is 12.1 Å². The molecule has 1 aliphatic heterocycles.